The van der Waals surface area contributed by atoms with Crippen LogP contribution in [0.1, 0.15) is 59.3 Å². The highest BCUT2D eigenvalue weighted by molar-refractivity contribution is 5.84. The van der Waals surface area contributed by atoms with Crippen molar-refractivity contribution in [2.75, 3.05) is 20.1 Å². The summed E-state index contributed by atoms with van der Waals surface area (Å²) in [5.74, 6) is 0.641. The Balaban J connectivity index is 1.96. The van der Waals surface area contributed by atoms with Gasteiger partial charge >= 0.3 is 0 Å². The van der Waals surface area contributed by atoms with Crippen LogP contribution in [0.2, 0.25) is 0 Å². The number of amides is 1. The van der Waals surface area contributed by atoms with Crippen molar-refractivity contribution in [1.29, 1.82) is 0 Å². The summed E-state index contributed by atoms with van der Waals surface area (Å²) in [4.78, 5) is 14.5. The molecular formula is C17H33N3O. The lowest BCUT2D eigenvalue weighted by Gasteiger charge is -2.46. The van der Waals surface area contributed by atoms with Gasteiger partial charge in [-0.25, -0.2) is 0 Å². The fourth-order valence-corrected chi connectivity index (χ4v) is 4.26. The molecule has 0 spiro atoms. The van der Waals surface area contributed by atoms with Gasteiger partial charge in [-0.05, 0) is 70.0 Å². The molecular weight excluding hydrogens is 262 g/mol. The lowest BCUT2D eigenvalue weighted by Crippen LogP contribution is -2.60. The Hall–Kier alpha value is -0.610. The van der Waals surface area contributed by atoms with E-state index in [-0.39, 0.29) is 5.91 Å². The Morgan fingerprint density at radius 3 is 2.33 bits per heavy atom. The van der Waals surface area contributed by atoms with Gasteiger partial charge in [0.2, 0.25) is 5.91 Å². The maximum Gasteiger partial charge on any atom is 0.237 e. The predicted octanol–water partition coefficient (Wildman–Crippen LogP) is 2.13. The third kappa shape index (κ3) is 3.59. The number of primary amides is 1. The standard InChI is InChI=1S/C17H33N3O/c1-16(2,3)13-7-10-20(11-8-13)14-6-5-9-17(12-14,19-4)15(18)21/h13-14,19H,5-12H2,1-4H3,(H2,18,21). The zero-order valence-electron chi connectivity index (χ0n) is 14.2. The fraction of sp³-hybridized carbons (Fsp3) is 0.941. The zero-order valence-corrected chi connectivity index (χ0v) is 14.2. The van der Waals surface area contributed by atoms with Gasteiger partial charge in [-0.3, -0.25) is 4.79 Å². The Morgan fingerprint density at radius 2 is 1.86 bits per heavy atom. The van der Waals surface area contributed by atoms with Crippen molar-refractivity contribution in [2.45, 2.75) is 70.9 Å². The second kappa shape index (κ2) is 6.25. The van der Waals surface area contributed by atoms with E-state index in [1.165, 1.54) is 32.4 Å². The van der Waals surface area contributed by atoms with E-state index in [4.69, 9.17) is 5.73 Å². The van der Waals surface area contributed by atoms with Crippen LogP contribution in [0.4, 0.5) is 0 Å². The lowest BCUT2D eigenvalue weighted by molar-refractivity contribution is -0.126. The fourth-order valence-electron chi connectivity index (χ4n) is 4.26. The second-order valence-electron chi connectivity index (χ2n) is 8.12. The number of hydrogen-bond donors (Lipinski definition) is 2. The van der Waals surface area contributed by atoms with Crippen molar-refractivity contribution in [3.63, 3.8) is 0 Å². The molecule has 0 aromatic rings. The monoisotopic (exact) mass is 295 g/mol. The molecule has 4 nitrogen and oxygen atoms in total. The van der Waals surface area contributed by atoms with E-state index in [0.29, 0.717) is 11.5 Å². The van der Waals surface area contributed by atoms with Crippen LogP contribution >= 0.6 is 0 Å². The first kappa shape index (κ1) is 16.8. The van der Waals surface area contributed by atoms with Gasteiger partial charge in [0.25, 0.3) is 0 Å². The van der Waals surface area contributed by atoms with Crippen LogP contribution < -0.4 is 11.1 Å². The molecule has 1 heterocycles. The van der Waals surface area contributed by atoms with Crippen molar-refractivity contribution < 1.29 is 4.79 Å². The molecule has 3 N–H and O–H groups in total. The molecule has 0 radical (unpaired) electrons. The van der Waals surface area contributed by atoms with Crippen LogP contribution in [-0.2, 0) is 4.79 Å². The summed E-state index contributed by atoms with van der Waals surface area (Å²) in [6, 6.07) is 0.514. The number of likely N-dealkylation sites (tertiary alicyclic amines) is 1. The summed E-state index contributed by atoms with van der Waals surface area (Å²) in [6.45, 7) is 9.41. The first-order valence-electron chi connectivity index (χ1n) is 8.51. The third-order valence-electron chi connectivity index (χ3n) is 5.95. The minimum atomic E-state index is -0.482. The molecule has 2 atom stereocenters. The maximum absolute atomic E-state index is 11.9. The number of nitrogens with one attached hydrogen (secondary N) is 1. The first-order valence-corrected chi connectivity index (χ1v) is 8.51. The molecule has 1 aliphatic carbocycles. The molecule has 1 amide bonds. The molecule has 1 saturated carbocycles. The summed E-state index contributed by atoms with van der Waals surface area (Å²) in [6.07, 6.45) is 6.61. The molecule has 0 bridgehead atoms. The van der Waals surface area contributed by atoms with E-state index in [1.807, 2.05) is 7.05 Å². The molecule has 0 aromatic carbocycles. The topological polar surface area (TPSA) is 58.4 Å². The third-order valence-corrected chi connectivity index (χ3v) is 5.95. The number of carbonyl (C=O) groups excluding carboxylic acids is 1. The van der Waals surface area contributed by atoms with Gasteiger partial charge < -0.3 is 16.0 Å². The molecule has 21 heavy (non-hydrogen) atoms. The van der Waals surface area contributed by atoms with Crippen molar-refractivity contribution in [3.05, 3.63) is 0 Å². The van der Waals surface area contributed by atoms with Crippen LogP contribution in [0.5, 0.6) is 0 Å². The van der Waals surface area contributed by atoms with Gasteiger partial charge in [-0.2, -0.15) is 0 Å². The molecule has 1 saturated heterocycles. The van der Waals surface area contributed by atoms with Crippen molar-refractivity contribution in [1.82, 2.24) is 10.2 Å². The van der Waals surface area contributed by atoms with E-state index in [2.05, 4.69) is 31.0 Å². The van der Waals surface area contributed by atoms with Crippen LogP contribution in [0.15, 0.2) is 0 Å². The maximum atomic E-state index is 11.9. The van der Waals surface area contributed by atoms with Gasteiger partial charge in [0.15, 0.2) is 0 Å². The quantitative estimate of drug-likeness (QED) is 0.838. The molecule has 2 fully saturated rings. The predicted molar refractivity (Wildman–Crippen MR) is 87.0 cm³/mol. The molecule has 2 rings (SSSR count). The first-order chi connectivity index (χ1) is 9.78. The summed E-state index contributed by atoms with van der Waals surface area (Å²) in [5, 5.41) is 3.22. The average molecular weight is 295 g/mol. The van der Waals surface area contributed by atoms with Gasteiger partial charge in [0, 0.05) is 6.04 Å². The summed E-state index contributed by atoms with van der Waals surface area (Å²) in [7, 11) is 1.87. The number of piperidine rings is 1. The highest BCUT2D eigenvalue weighted by Crippen LogP contribution is 2.37. The van der Waals surface area contributed by atoms with Crippen LogP contribution in [-0.4, -0.2) is 42.5 Å². The number of rotatable bonds is 3. The average Bonchev–Trinajstić information content (AvgIpc) is 2.46. The van der Waals surface area contributed by atoms with Crippen LogP contribution in [0.3, 0.4) is 0 Å². The summed E-state index contributed by atoms with van der Waals surface area (Å²) in [5.41, 5.74) is 5.60. The van der Waals surface area contributed by atoms with Crippen molar-refractivity contribution >= 4 is 5.91 Å². The molecule has 1 aliphatic heterocycles. The van der Waals surface area contributed by atoms with Gasteiger partial charge in [0.05, 0.1) is 5.54 Å². The molecule has 0 aromatic heterocycles. The van der Waals surface area contributed by atoms with E-state index in [1.54, 1.807) is 0 Å². The van der Waals surface area contributed by atoms with E-state index >= 15 is 0 Å². The Labute approximate surface area is 129 Å². The number of hydrogen-bond acceptors (Lipinski definition) is 3. The Kier molecular flexibility index (Phi) is 4.99. The Bertz CT molecular complexity index is 369. The van der Waals surface area contributed by atoms with Crippen molar-refractivity contribution in [3.8, 4) is 0 Å². The van der Waals surface area contributed by atoms with Gasteiger partial charge in [0.1, 0.15) is 0 Å². The lowest BCUT2D eigenvalue weighted by atomic mass is 9.73. The van der Waals surface area contributed by atoms with E-state index in [9.17, 15) is 4.79 Å². The number of nitrogens with zero attached hydrogens (tertiary/aromatic N) is 1. The van der Waals surface area contributed by atoms with Gasteiger partial charge in [-0.1, -0.05) is 20.8 Å². The second-order valence-corrected chi connectivity index (χ2v) is 8.12. The molecule has 2 unspecified atom stereocenters. The Morgan fingerprint density at radius 1 is 1.24 bits per heavy atom. The van der Waals surface area contributed by atoms with Crippen LogP contribution in [0, 0.1) is 11.3 Å². The van der Waals surface area contributed by atoms with Crippen LogP contribution in [0.25, 0.3) is 0 Å². The highest BCUT2D eigenvalue weighted by atomic mass is 16.1. The minimum absolute atomic E-state index is 0.181. The SMILES string of the molecule is CNC1(C(N)=O)CCCC(N2CCC(C(C)(C)C)CC2)C1. The van der Waals surface area contributed by atoms with Gasteiger partial charge in [-0.15, -0.1) is 0 Å². The largest absolute Gasteiger partial charge is 0.368 e. The highest BCUT2D eigenvalue weighted by Gasteiger charge is 2.42. The molecule has 4 heteroatoms. The zero-order chi connectivity index (χ0) is 15.7. The summed E-state index contributed by atoms with van der Waals surface area (Å²) >= 11 is 0. The molecule has 122 valence electrons. The summed E-state index contributed by atoms with van der Waals surface area (Å²) < 4.78 is 0. The van der Waals surface area contributed by atoms with E-state index < -0.39 is 5.54 Å². The molecule has 2 aliphatic rings. The van der Waals surface area contributed by atoms with Crippen molar-refractivity contribution in [2.24, 2.45) is 17.1 Å². The normalized spacial score (nSPS) is 33.0. The number of carbonyl (C=O) groups is 1. The smallest absolute Gasteiger partial charge is 0.237 e. The van der Waals surface area contributed by atoms with E-state index in [0.717, 1.165) is 25.2 Å². The number of nitrogens with two attached hydrogens (primary N) is 1. The number of likely N-dealkylation sites (N-methyl/N-ethyl adjacent to an activating group) is 1. The minimum Gasteiger partial charge on any atom is -0.368 e.